The van der Waals surface area contributed by atoms with Gasteiger partial charge in [-0.3, -0.25) is 0 Å². The number of fused-ring (bicyclic) bond motifs is 1. The molecule has 1 aromatic heterocycles. The van der Waals surface area contributed by atoms with E-state index in [0.29, 0.717) is 22.5 Å². The van der Waals surface area contributed by atoms with Crippen LogP contribution >= 0.6 is 15.9 Å². The maximum absolute atomic E-state index is 14.0. The number of nitriles is 1. The fourth-order valence-electron chi connectivity index (χ4n) is 2.21. The molecule has 0 atom stereocenters. The lowest BCUT2D eigenvalue weighted by Gasteiger charge is -2.04. The van der Waals surface area contributed by atoms with E-state index in [1.54, 1.807) is 28.8 Å². The summed E-state index contributed by atoms with van der Waals surface area (Å²) < 4.78 is 16.6. The first kappa shape index (κ1) is 12.8. The fourth-order valence-corrected chi connectivity index (χ4v) is 2.58. The van der Waals surface area contributed by atoms with Crippen LogP contribution in [0, 0.1) is 17.1 Å². The van der Waals surface area contributed by atoms with Gasteiger partial charge >= 0.3 is 0 Å². The molecule has 0 bridgehead atoms. The number of nitrogens with zero attached hydrogens (tertiary/aromatic N) is 3. The third-order valence-electron chi connectivity index (χ3n) is 3.20. The van der Waals surface area contributed by atoms with E-state index in [9.17, 15) is 4.39 Å². The summed E-state index contributed by atoms with van der Waals surface area (Å²) in [5.74, 6) is 0.159. The van der Waals surface area contributed by atoms with E-state index >= 15 is 0 Å². The minimum Gasteiger partial charge on any atom is -0.327 e. The van der Waals surface area contributed by atoms with Gasteiger partial charge in [0.2, 0.25) is 0 Å². The van der Waals surface area contributed by atoms with Crippen LogP contribution in [0.3, 0.4) is 0 Å². The number of hydrogen-bond acceptors (Lipinski definition) is 2. The van der Waals surface area contributed by atoms with E-state index in [2.05, 4.69) is 27.0 Å². The van der Waals surface area contributed by atoms with E-state index in [0.717, 1.165) is 9.99 Å². The van der Waals surface area contributed by atoms with E-state index in [1.165, 1.54) is 6.07 Å². The second kappa shape index (κ2) is 4.73. The smallest absolute Gasteiger partial charge is 0.143 e. The monoisotopic (exact) mass is 329 g/mol. The van der Waals surface area contributed by atoms with E-state index in [1.807, 2.05) is 13.1 Å². The van der Waals surface area contributed by atoms with Gasteiger partial charge in [-0.25, -0.2) is 9.37 Å². The molecule has 0 radical (unpaired) electrons. The lowest BCUT2D eigenvalue weighted by molar-refractivity contribution is 0.629. The molecule has 98 valence electrons. The number of benzene rings is 2. The predicted molar refractivity (Wildman–Crippen MR) is 78.5 cm³/mol. The molecular weight excluding hydrogens is 321 g/mol. The van der Waals surface area contributed by atoms with Crippen LogP contribution in [-0.2, 0) is 7.05 Å². The van der Waals surface area contributed by atoms with Gasteiger partial charge < -0.3 is 4.57 Å². The van der Waals surface area contributed by atoms with Crippen molar-refractivity contribution in [3.63, 3.8) is 0 Å². The van der Waals surface area contributed by atoms with Crippen LogP contribution in [0.4, 0.5) is 4.39 Å². The molecule has 20 heavy (non-hydrogen) atoms. The summed E-state index contributed by atoms with van der Waals surface area (Å²) in [5, 5.41) is 9.12. The van der Waals surface area contributed by atoms with Gasteiger partial charge in [-0.15, -0.1) is 0 Å². The molecule has 0 aliphatic carbocycles. The summed E-state index contributed by atoms with van der Waals surface area (Å²) >= 11 is 3.33. The minimum atomic E-state index is -0.342. The van der Waals surface area contributed by atoms with Crippen molar-refractivity contribution in [3.8, 4) is 17.5 Å². The normalized spacial score (nSPS) is 10.7. The SMILES string of the molecule is Cn1c(-c2cc(Br)ccc2F)nc2c(C#N)cccc21. The minimum absolute atomic E-state index is 0.342. The van der Waals surface area contributed by atoms with Crippen molar-refractivity contribution in [1.29, 1.82) is 5.26 Å². The Balaban J connectivity index is 2.36. The molecule has 0 unspecified atom stereocenters. The van der Waals surface area contributed by atoms with Gasteiger partial charge in [-0.05, 0) is 30.3 Å². The average molecular weight is 330 g/mol. The van der Waals surface area contributed by atoms with Crippen LogP contribution in [0.15, 0.2) is 40.9 Å². The Bertz CT molecular complexity index is 861. The molecule has 0 N–H and O–H groups in total. The zero-order valence-corrected chi connectivity index (χ0v) is 12.1. The predicted octanol–water partition coefficient (Wildman–Crippen LogP) is 4.01. The molecule has 2 aromatic carbocycles. The highest BCUT2D eigenvalue weighted by atomic mass is 79.9. The molecule has 3 rings (SSSR count). The third kappa shape index (κ3) is 1.89. The van der Waals surface area contributed by atoms with Crippen molar-refractivity contribution >= 4 is 27.0 Å². The van der Waals surface area contributed by atoms with Crippen molar-refractivity contribution in [1.82, 2.24) is 9.55 Å². The maximum atomic E-state index is 14.0. The van der Waals surface area contributed by atoms with Gasteiger partial charge in [0.15, 0.2) is 0 Å². The van der Waals surface area contributed by atoms with Crippen LogP contribution < -0.4 is 0 Å². The zero-order valence-electron chi connectivity index (χ0n) is 10.6. The number of rotatable bonds is 1. The van der Waals surface area contributed by atoms with E-state index in [4.69, 9.17) is 5.26 Å². The molecule has 3 nitrogen and oxygen atoms in total. The number of imidazole rings is 1. The van der Waals surface area contributed by atoms with E-state index in [-0.39, 0.29) is 5.82 Å². The first-order valence-corrected chi connectivity index (χ1v) is 6.72. The number of halogens is 2. The largest absolute Gasteiger partial charge is 0.327 e. The van der Waals surface area contributed by atoms with Crippen LogP contribution in [0.5, 0.6) is 0 Å². The molecule has 3 aromatic rings. The van der Waals surface area contributed by atoms with Crippen LogP contribution in [0.1, 0.15) is 5.56 Å². The summed E-state index contributed by atoms with van der Waals surface area (Å²) in [6.45, 7) is 0. The second-order valence-corrected chi connectivity index (χ2v) is 5.32. The van der Waals surface area contributed by atoms with Gasteiger partial charge in [-0.2, -0.15) is 5.26 Å². The lowest BCUT2D eigenvalue weighted by Crippen LogP contribution is -1.95. The molecular formula is C15H9BrFN3. The molecule has 0 amide bonds. The molecule has 0 fully saturated rings. The Morgan fingerprint density at radius 3 is 2.85 bits per heavy atom. The van der Waals surface area contributed by atoms with Gasteiger partial charge in [-0.1, -0.05) is 22.0 Å². The van der Waals surface area contributed by atoms with Crippen molar-refractivity contribution in [3.05, 3.63) is 52.3 Å². The van der Waals surface area contributed by atoms with Crippen LogP contribution in [0.25, 0.3) is 22.4 Å². The molecule has 0 saturated heterocycles. The first-order chi connectivity index (χ1) is 9.61. The molecule has 5 heteroatoms. The highest BCUT2D eigenvalue weighted by Crippen LogP contribution is 2.29. The maximum Gasteiger partial charge on any atom is 0.143 e. The number of para-hydroxylation sites is 1. The Hall–Kier alpha value is -2.19. The molecule has 0 saturated carbocycles. The fraction of sp³-hybridized carbons (Fsp3) is 0.0667. The lowest BCUT2D eigenvalue weighted by atomic mass is 10.2. The highest BCUT2D eigenvalue weighted by molar-refractivity contribution is 9.10. The number of aromatic nitrogens is 2. The summed E-state index contributed by atoms with van der Waals surface area (Å²) in [4.78, 5) is 4.43. The Kier molecular flexibility index (Phi) is 3.03. The van der Waals surface area contributed by atoms with Crippen molar-refractivity contribution in [2.75, 3.05) is 0 Å². The van der Waals surface area contributed by atoms with Crippen LogP contribution in [-0.4, -0.2) is 9.55 Å². The van der Waals surface area contributed by atoms with Crippen LogP contribution in [0.2, 0.25) is 0 Å². The Morgan fingerprint density at radius 1 is 1.30 bits per heavy atom. The van der Waals surface area contributed by atoms with Gasteiger partial charge in [0.25, 0.3) is 0 Å². The zero-order chi connectivity index (χ0) is 14.3. The first-order valence-electron chi connectivity index (χ1n) is 5.93. The van der Waals surface area contributed by atoms with Gasteiger partial charge in [0.05, 0.1) is 16.6 Å². The Morgan fingerprint density at radius 2 is 2.10 bits per heavy atom. The summed E-state index contributed by atoms with van der Waals surface area (Å²) in [7, 11) is 1.81. The molecule has 1 heterocycles. The standard InChI is InChI=1S/C15H9BrFN3/c1-20-13-4-2-3-9(8-18)14(13)19-15(20)11-7-10(16)5-6-12(11)17/h2-7H,1H3. The highest BCUT2D eigenvalue weighted by Gasteiger charge is 2.15. The quantitative estimate of drug-likeness (QED) is 0.676. The molecule has 0 aliphatic rings. The van der Waals surface area contributed by atoms with Gasteiger partial charge in [0.1, 0.15) is 23.2 Å². The molecule has 0 spiro atoms. The second-order valence-electron chi connectivity index (χ2n) is 4.40. The Labute approximate surface area is 123 Å². The summed E-state index contributed by atoms with van der Waals surface area (Å²) in [6, 6.07) is 12.2. The van der Waals surface area contributed by atoms with Crippen molar-refractivity contribution in [2.45, 2.75) is 0 Å². The average Bonchev–Trinajstić information content (AvgIpc) is 2.79. The van der Waals surface area contributed by atoms with Crippen molar-refractivity contribution < 1.29 is 4.39 Å². The number of hydrogen-bond donors (Lipinski definition) is 0. The molecule has 0 aliphatic heterocycles. The third-order valence-corrected chi connectivity index (χ3v) is 3.69. The van der Waals surface area contributed by atoms with E-state index < -0.39 is 0 Å². The summed E-state index contributed by atoms with van der Waals surface area (Å²) in [6.07, 6.45) is 0. The summed E-state index contributed by atoms with van der Waals surface area (Å²) in [5.41, 5.74) is 2.28. The van der Waals surface area contributed by atoms with Crippen molar-refractivity contribution in [2.24, 2.45) is 7.05 Å². The topological polar surface area (TPSA) is 41.6 Å². The number of aryl methyl sites for hydroxylation is 1. The van der Waals surface area contributed by atoms with Gasteiger partial charge in [0, 0.05) is 11.5 Å².